The van der Waals surface area contributed by atoms with E-state index in [-0.39, 0.29) is 5.97 Å². The van der Waals surface area contributed by atoms with Gasteiger partial charge in [-0.3, -0.25) is 5.32 Å². The van der Waals surface area contributed by atoms with Crippen LogP contribution in [0.5, 0.6) is 0 Å². The quantitative estimate of drug-likeness (QED) is 0.487. The Bertz CT molecular complexity index is 300. The molecule has 0 amide bonds. The Balaban J connectivity index is 1.87. The van der Waals surface area contributed by atoms with Crippen LogP contribution in [-0.4, -0.2) is 38.4 Å². The maximum atomic E-state index is 12.2. The first-order chi connectivity index (χ1) is 9.23. The molecule has 0 aromatic heterocycles. The van der Waals surface area contributed by atoms with E-state index in [9.17, 15) is 4.79 Å². The maximum Gasteiger partial charge on any atom is 0.328 e. The van der Waals surface area contributed by atoms with Crippen molar-refractivity contribution in [2.24, 2.45) is 11.8 Å². The van der Waals surface area contributed by atoms with Crippen LogP contribution in [0.3, 0.4) is 0 Å². The second kappa shape index (κ2) is 6.71. The number of hydrogen-bond donors (Lipinski definition) is 1. The van der Waals surface area contributed by atoms with Crippen molar-refractivity contribution in [2.45, 2.75) is 51.0 Å². The molecule has 1 unspecified atom stereocenters. The molecule has 1 atom stereocenters. The molecule has 0 saturated heterocycles. The van der Waals surface area contributed by atoms with Crippen LogP contribution in [0.2, 0.25) is 0 Å². The molecule has 2 aliphatic rings. The van der Waals surface area contributed by atoms with Crippen LogP contribution in [0, 0.1) is 11.8 Å². The molecule has 0 aliphatic heterocycles. The fourth-order valence-corrected chi connectivity index (χ4v) is 2.61. The smallest absolute Gasteiger partial charge is 0.328 e. The molecule has 0 heterocycles. The Labute approximate surface area is 116 Å². The van der Waals surface area contributed by atoms with Gasteiger partial charge in [0.25, 0.3) is 0 Å². The van der Waals surface area contributed by atoms with E-state index in [1.54, 1.807) is 0 Å². The van der Waals surface area contributed by atoms with Crippen molar-refractivity contribution in [1.29, 1.82) is 0 Å². The van der Waals surface area contributed by atoms with Gasteiger partial charge in [0.15, 0.2) is 0 Å². The summed E-state index contributed by atoms with van der Waals surface area (Å²) in [5.41, 5.74) is -0.603. The highest BCUT2D eigenvalue weighted by molar-refractivity contribution is 5.82. The largest absolute Gasteiger partial charge is 0.468 e. The van der Waals surface area contributed by atoms with E-state index >= 15 is 0 Å². The van der Waals surface area contributed by atoms with Gasteiger partial charge in [-0.2, -0.15) is 0 Å². The van der Waals surface area contributed by atoms with Crippen molar-refractivity contribution in [1.82, 2.24) is 5.32 Å². The number of carbonyl (C=O) groups excluding carboxylic acids is 1. The number of hydrogen-bond acceptors (Lipinski definition) is 4. The van der Waals surface area contributed by atoms with Gasteiger partial charge in [-0.05, 0) is 44.1 Å². The third kappa shape index (κ3) is 3.93. The third-order valence-electron chi connectivity index (χ3n) is 4.21. The fourth-order valence-electron chi connectivity index (χ4n) is 2.61. The summed E-state index contributed by atoms with van der Waals surface area (Å²) in [6, 6.07) is 0. The van der Waals surface area contributed by atoms with Gasteiger partial charge in [-0.15, -0.1) is 0 Å². The lowest BCUT2D eigenvalue weighted by atomic mass is 9.94. The average Bonchev–Trinajstić information content (AvgIpc) is 3.29. The van der Waals surface area contributed by atoms with Crippen LogP contribution in [0.15, 0.2) is 0 Å². The Morgan fingerprint density at radius 2 is 2.05 bits per heavy atom. The monoisotopic (exact) mass is 269 g/mol. The molecule has 0 aromatic carbocycles. The van der Waals surface area contributed by atoms with Gasteiger partial charge in [0, 0.05) is 6.61 Å². The molecule has 1 N–H and O–H groups in total. The van der Waals surface area contributed by atoms with Crippen LogP contribution in [0.1, 0.15) is 45.4 Å². The summed E-state index contributed by atoms with van der Waals surface area (Å²) < 4.78 is 10.8. The zero-order valence-electron chi connectivity index (χ0n) is 12.2. The van der Waals surface area contributed by atoms with Crippen molar-refractivity contribution in [3.8, 4) is 0 Å². The SMILES string of the molecule is CCCNC(COCCC1CC1)(C(=O)OC)C1CC1. The van der Waals surface area contributed by atoms with Crippen LogP contribution >= 0.6 is 0 Å². The maximum absolute atomic E-state index is 12.2. The molecule has 4 heteroatoms. The molecule has 0 radical (unpaired) electrons. The van der Waals surface area contributed by atoms with E-state index in [4.69, 9.17) is 9.47 Å². The van der Waals surface area contributed by atoms with Gasteiger partial charge in [0.1, 0.15) is 5.54 Å². The van der Waals surface area contributed by atoms with E-state index in [0.717, 1.165) is 44.8 Å². The van der Waals surface area contributed by atoms with Gasteiger partial charge in [-0.1, -0.05) is 19.8 Å². The van der Waals surface area contributed by atoms with Crippen molar-refractivity contribution in [2.75, 3.05) is 26.9 Å². The number of methoxy groups -OCH3 is 1. The molecular weight excluding hydrogens is 242 g/mol. The standard InChI is InChI=1S/C15H27NO3/c1-3-9-16-15(13-6-7-13,14(17)18-2)11-19-10-8-12-4-5-12/h12-13,16H,3-11H2,1-2H3. The van der Waals surface area contributed by atoms with Gasteiger partial charge in [-0.25, -0.2) is 4.79 Å². The van der Waals surface area contributed by atoms with Gasteiger partial charge >= 0.3 is 5.97 Å². The normalized spacial score (nSPS) is 22.0. The number of ether oxygens (including phenoxy) is 2. The number of nitrogens with one attached hydrogen (secondary N) is 1. The lowest BCUT2D eigenvalue weighted by molar-refractivity contribution is -0.153. The minimum Gasteiger partial charge on any atom is -0.468 e. The predicted molar refractivity (Wildman–Crippen MR) is 73.9 cm³/mol. The summed E-state index contributed by atoms with van der Waals surface area (Å²) in [5.74, 6) is 1.10. The second-order valence-corrected chi connectivity index (χ2v) is 5.95. The number of esters is 1. The van der Waals surface area contributed by atoms with E-state index in [1.807, 2.05) is 0 Å². The fraction of sp³-hybridized carbons (Fsp3) is 0.933. The zero-order chi connectivity index (χ0) is 13.7. The van der Waals surface area contributed by atoms with Crippen LogP contribution in [0.4, 0.5) is 0 Å². The molecule has 0 bridgehead atoms. The lowest BCUT2D eigenvalue weighted by Gasteiger charge is -2.32. The second-order valence-electron chi connectivity index (χ2n) is 5.95. The van der Waals surface area contributed by atoms with Crippen molar-refractivity contribution < 1.29 is 14.3 Å². The Morgan fingerprint density at radius 3 is 2.58 bits per heavy atom. The van der Waals surface area contributed by atoms with Gasteiger partial charge in [0.2, 0.25) is 0 Å². The highest BCUT2D eigenvalue weighted by Crippen LogP contribution is 2.41. The van der Waals surface area contributed by atoms with Crippen LogP contribution in [-0.2, 0) is 14.3 Å². The minimum absolute atomic E-state index is 0.158. The summed E-state index contributed by atoms with van der Waals surface area (Å²) >= 11 is 0. The van der Waals surface area contributed by atoms with Gasteiger partial charge in [0.05, 0.1) is 13.7 Å². The topological polar surface area (TPSA) is 47.6 Å². The average molecular weight is 269 g/mol. The molecule has 0 spiro atoms. The first-order valence-corrected chi connectivity index (χ1v) is 7.64. The first-order valence-electron chi connectivity index (χ1n) is 7.64. The third-order valence-corrected chi connectivity index (χ3v) is 4.21. The van der Waals surface area contributed by atoms with E-state index in [0.29, 0.717) is 12.5 Å². The molecule has 0 aromatic rings. The highest BCUT2D eigenvalue weighted by Gasteiger charge is 2.51. The highest BCUT2D eigenvalue weighted by atomic mass is 16.5. The molecule has 2 aliphatic carbocycles. The van der Waals surface area contributed by atoms with Crippen molar-refractivity contribution in [3.63, 3.8) is 0 Å². The van der Waals surface area contributed by atoms with Crippen molar-refractivity contribution in [3.05, 3.63) is 0 Å². The molecule has 19 heavy (non-hydrogen) atoms. The molecule has 2 rings (SSSR count). The van der Waals surface area contributed by atoms with Gasteiger partial charge < -0.3 is 9.47 Å². The van der Waals surface area contributed by atoms with Crippen molar-refractivity contribution >= 4 is 5.97 Å². The summed E-state index contributed by atoms with van der Waals surface area (Å²) in [4.78, 5) is 12.2. The first kappa shape index (κ1) is 14.8. The van der Waals surface area contributed by atoms with E-state index < -0.39 is 5.54 Å². The van der Waals surface area contributed by atoms with Crippen LogP contribution < -0.4 is 5.32 Å². The molecule has 2 saturated carbocycles. The molecule has 110 valence electrons. The molecule has 2 fully saturated rings. The zero-order valence-corrected chi connectivity index (χ0v) is 12.2. The summed E-state index contributed by atoms with van der Waals surface area (Å²) in [5, 5.41) is 3.40. The summed E-state index contributed by atoms with van der Waals surface area (Å²) in [6.07, 6.45) is 7.03. The Hall–Kier alpha value is -0.610. The minimum atomic E-state index is -0.603. The molecular formula is C15H27NO3. The number of carbonyl (C=O) groups is 1. The summed E-state index contributed by atoms with van der Waals surface area (Å²) in [6.45, 7) is 4.16. The van der Waals surface area contributed by atoms with E-state index in [2.05, 4.69) is 12.2 Å². The van der Waals surface area contributed by atoms with Crippen LogP contribution in [0.25, 0.3) is 0 Å². The Kier molecular flexibility index (Phi) is 5.22. The summed E-state index contributed by atoms with van der Waals surface area (Å²) in [7, 11) is 1.47. The number of rotatable bonds is 10. The lowest BCUT2D eigenvalue weighted by Crippen LogP contribution is -2.58. The predicted octanol–water partition coefficient (Wildman–Crippen LogP) is 2.12. The Morgan fingerprint density at radius 1 is 1.32 bits per heavy atom. The van der Waals surface area contributed by atoms with E-state index in [1.165, 1.54) is 20.0 Å². The molecule has 4 nitrogen and oxygen atoms in total.